The number of carbonyl (C=O) groups is 2. The highest BCUT2D eigenvalue weighted by atomic mass is 32.2. The second-order valence-corrected chi connectivity index (χ2v) is 8.29. The minimum atomic E-state index is -0.572. The fourth-order valence-corrected chi connectivity index (χ4v) is 4.17. The summed E-state index contributed by atoms with van der Waals surface area (Å²) in [6.45, 7) is 2.30. The molecule has 2 atom stereocenters. The number of amides is 2. The van der Waals surface area contributed by atoms with Crippen LogP contribution >= 0.6 is 11.8 Å². The molecule has 9 heteroatoms. The second-order valence-electron chi connectivity index (χ2n) is 7.34. The van der Waals surface area contributed by atoms with E-state index < -0.39 is 11.7 Å². The summed E-state index contributed by atoms with van der Waals surface area (Å²) in [6.07, 6.45) is 4.59. The van der Waals surface area contributed by atoms with Gasteiger partial charge in [0.15, 0.2) is 11.0 Å². The zero-order valence-corrected chi connectivity index (χ0v) is 17.5. The van der Waals surface area contributed by atoms with Gasteiger partial charge in [0, 0.05) is 13.1 Å². The number of thioether (sulfide) groups is 1. The molecule has 1 aromatic heterocycles. The maximum absolute atomic E-state index is 13.7. The summed E-state index contributed by atoms with van der Waals surface area (Å²) in [5, 5.41) is 14.5. The molecule has 1 fully saturated rings. The molecule has 7 nitrogen and oxygen atoms in total. The third-order valence-corrected chi connectivity index (χ3v) is 6.26. The van der Waals surface area contributed by atoms with Crippen molar-refractivity contribution in [1.29, 1.82) is 0 Å². The SMILES string of the molecule is C[C@H]1CCCC[C@@H]1NC(=O)CSc1nnc(CNC(=O)c2ccccc2F)n1C. The maximum atomic E-state index is 13.7. The van der Waals surface area contributed by atoms with E-state index >= 15 is 0 Å². The molecule has 1 saturated carbocycles. The smallest absolute Gasteiger partial charge is 0.254 e. The lowest BCUT2D eigenvalue weighted by Crippen LogP contribution is -2.41. The van der Waals surface area contributed by atoms with E-state index in [-0.39, 0.29) is 29.8 Å². The Morgan fingerprint density at radius 2 is 2.00 bits per heavy atom. The van der Waals surface area contributed by atoms with E-state index in [2.05, 4.69) is 27.8 Å². The largest absolute Gasteiger partial charge is 0.352 e. The highest BCUT2D eigenvalue weighted by Gasteiger charge is 2.23. The normalized spacial score (nSPS) is 19.0. The van der Waals surface area contributed by atoms with Gasteiger partial charge < -0.3 is 15.2 Å². The number of benzene rings is 1. The number of hydrogen-bond donors (Lipinski definition) is 2. The summed E-state index contributed by atoms with van der Waals surface area (Å²) in [7, 11) is 1.77. The molecule has 0 unspecified atom stereocenters. The fourth-order valence-electron chi connectivity index (χ4n) is 3.43. The van der Waals surface area contributed by atoms with Gasteiger partial charge in [-0.2, -0.15) is 0 Å². The average Bonchev–Trinajstić information content (AvgIpc) is 3.06. The van der Waals surface area contributed by atoms with Crippen LogP contribution in [0.25, 0.3) is 0 Å². The lowest BCUT2D eigenvalue weighted by molar-refractivity contribution is -0.119. The Bertz CT molecular complexity index is 872. The van der Waals surface area contributed by atoms with Crippen molar-refractivity contribution in [3.05, 3.63) is 41.5 Å². The van der Waals surface area contributed by atoms with Crippen LogP contribution < -0.4 is 10.6 Å². The number of carbonyl (C=O) groups excluding carboxylic acids is 2. The molecule has 1 heterocycles. The first-order valence-corrected chi connectivity index (χ1v) is 10.8. The standard InChI is InChI=1S/C20H26FN5O2S/c1-13-7-3-6-10-16(13)23-18(27)12-29-20-25-24-17(26(20)2)11-22-19(28)14-8-4-5-9-15(14)21/h4-5,8-9,13,16H,3,6-7,10-12H2,1-2H3,(H,22,28)(H,23,27)/t13-,16-/m0/s1. The minimum Gasteiger partial charge on any atom is -0.352 e. The lowest BCUT2D eigenvalue weighted by atomic mass is 9.86. The predicted molar refractivity (Wildman–Crippen MR) is 109 cm³/mol. The van der Waals surface area contributed by atoms with Crippen LogP contribution in [0.15, 0.2) is 29.4 Å². The van der Waals surface area contributed by atoms with Crippen LogP contribution in [-0.2, 0) is 18.4 Å². The molecule has 0 radical (unpaired) electrons. The molecule has 29 heavy (non-hydrogen) atoms. The van der Waals surface area contributed by atoms with Gasteiger partial charge in [-0.3, -0.25) is 9.59 Å². The Morgan fingerprint density at radius 3 is 2.76 bits per heavy atom. The van der Waals surface area contributed by atoms with Crippen molar-refractivity contribution in [3.63, 3.8) is 0 Å². The third-order valence-electron chi connectivity index (χ3n) is 5.24. The Kier molecular flexibility index (Phi) is 7.24. The number of aromatic nitrogens is 3. The number of nitrogens with one attached hydrogen (secondary N) is 2. The van der Waals surface area contributed by atoms with Gasteiger partial charge in [-0.25, -0.2) is 4.39 Å². The van der Waals surface area contributed by atoms with Crippen molar-refractivity contribution in [2.24, 2.45) is 13.0 Å². The molecule has 0 saturated heterocycles. The van der Waals surface area contributed by atoms with Gasteiger partial charge in [0.1, 0.15) is 5.82 Å². The molecule has 2 aromatic rings. The molecule has 1 aromatic carbocycles. The number of hydrogen-bond acceptors (Lipinski definition) is 5. The lowest BCUT2D eigenvalue weighted by Gasteiger charge is -2.29. The molecular weight excluding hydrogens is 393 g/mol. The molecule has 1 aliphatic rings. The predicted octanol–water partition coefficient (Wildman–Crippen LogP) is 2.67. The van der Waals surface area contributed by atoms with Gasteiger partial charge in [-0.15, -0.1) is 10.2 Å². The number of nitrogens with zero attached hydrogens (tertiary/aromatic N) is 3. The summed E-state index contributed by atoms with van der Waals surface area (Å²) >= 11 is 1.30. The van der Waals surface area contributed by atoms with Crippen molar-refractivity contribution < 1.29 is 14.0 Å². The van der Waals surface area contributed by atoms with Crippen LogP contribution in [-0.4, -0.2) is 38.4 Å². The number of rotatable bonds is 7. The van der Waals surface area contributed by atoms with E-state index in [4.69, 9.17) is 0 Å². The number of halogens is 1. The van der Waals surface area contributed by atoms with E-state index in [9.17, 15) is 14.0 Å². The molecule has 0 bridgehead atoms. The average molecular weight is 420 g/mol. The van der Waals surface area contributed by atoms with Gasteiger partial charge in [-0.1, -0.05) is 43.7 Å². The molecule has 156 valence electrons. The quantitative estimate of drug-likeness (QED) is 0.674. The van der Waals surface area contributed by atoms with E-state index in [0.717, 1.165) is 19.3 Å². The molecular formula is C20H26FN5O2S. The molecule has 0 spiro atoms. The van der Waals surface area contributed by atoms with Crippen molar-refractivity contribution in [2.75, 3.05) is 5.75 Å². The van der Waals surface area contributed by atoms with Gasteiger partial charge in [-0.05, 0) is 30.9 Å². The van der Waals surface area contributed by atoms with Crippen molar-refractivity contribution in [1.82, 2.24) is 25.4 Å². The zero-order chi connectivity index (χ0) is 20.8. The monoisotopic (exact) mass is 419 g/mol. The summed E-state index contributed by atoms with van der Waals surface area (Å²) in [4.78, 5) is 24.4. The summed E-state index contributed by atoms with van der Waals surface area (Å²) in [5.41, 5.74) is -0.0159. The first-order chi connectivity index (χ1) is 14.0. The van der Waals surface area contributed by atoms with E-state index in [1.807, 2.05) is 0 Å². The summed E-state index contributed by atoms with van der Waals surface area (Å²) in [6, 6.07) is 6.05. The Morgan fingerprint density at radius 1 is 1.24 bits per heavy atom. The first kappa shape index (κ1) is 21.3. The first-order valence-electron chi connectivity index (χ1n) is 9.79. The Balaban J connectivity index is 1.49. The fraction of sp³-hybridized carbons (Fsp3) is 0.500. The van der Waals surface area contributed by atoms with Gasteiger partial charge >= 0.3 is 0 Å². The van der Waals surface area contributed by atoms with Crippen LogP contribution in [0.1, 0.15) is 48.8 Å². The van der Waals surface area contributed by atoms with Crippen LogP contribution in [0, 0.1) is 11.7 Å². The third kappa shape index (κ3) is 5.56. The van der Waals surface area contributed by atoms with Crippen LogP contribution in [0.3, 0.4) is 0 Å². The highest BCUT2D eigenvalue weighted by molar-refractivity contribution is 7.99. The molecule has 3 rings (SSSR count). The van der Waals surface area contributed by atoms with Gasteiger partial charge in [0.25, 0.3) is 5.91 Å². The maximum Gasteiger partial charge on any atom is 0.254 e. The van der Waals surface area contributed by atoms with E-state index in [0.29, 0.717) is 16.9 Å². The zero-order valence-electron chi connectivity index (χ0n) is 16.7. The van der Waals surface area contributed by atoms with Crippen LogP contribution in [0.2, 0.25) is 0 Å². The van der Waals surface area contributed by atoms with Crippen molar-refractivity contribution >= 4 is 23.6 Å². The van der Waals surface area contributed by atoms with Gasteiger partial charge in [0.2, 0.25) is 5.91 Å². The molecule has 1 aliphatic carbocycles. The summed E-state index contributed by atoms with van der Waals surface area (Å²) < 4.78 is 15.4. The molecule has 0 aliphatic heterocycles. The van der Waals surface area contributed by atoms with E-state index in [1.165, 1.54) is 36.4 Å². The second kappa shape index (κ2) is 9.87. The van der Waals surface area contributed by atoms with Crippen molar-refractivity contribution in [3.8, 4) is 0 Å². The molecule has 2 N–H and O–H groups in total. The Hall–Kier alpha value is -2.42. The van der Waals surface area contributed by atoms with Gasteiger partial charge in [0.05, 0.1) is 17.9 Å². The highest BCUT2D eigenvalue weighted by Crippen LogP contribution is 2.24. The van der Waals surface area contributed by atoms with E-state index in [1.54, 1.807) is 17.7 Å². The Labute approximate surface area is 173 Å². The summed E-state index contributed by atoms with van der Waals surface area (Å²) in [5.74, 6) is 0.206. The minimum absolute atomic E-state index is 0.00819. The van der Waals surface area contributed by atoms with Crippen molar-refractivity contribution in [2.45, 2.75) is 50.4 Å². The topological polar surface area (TPSA) is 88.9 Å². The molecule has 2 amide bonds. The van der Waals surface area contributed by atoms with Crippen LogP contribution in [0.4, 0.5) is 4.39 Å². The van der Waals surface area contributed by atoms with Crippen LogP contribution in [0.5, 0.6) is 0 Å².